The Morgan fingerprint density at radius 3 is 1.94 bits per heavy atom. The molecule has 7 rings (SSSR count). The number of fused-ring (bicyclic) bond motifs is 1. The summed E-state index contributed by atoms with van der Waals surface area (Å²) in [5.41, 5.74) is 1.94. The van der Waals surface area contributed by atoms with Gasteiger partial charge in [0.15, 0.2) is 0 Å². The SMILES string of the molecule is COc1ccc(COC(=O)C2=C(C[P+](c3ccccc3)(c3ccccc3)c3ccccc3)CS[C@@H]3[C@H](NC(=O)Cc4cccs4)C(=O)N23)cc1.[I-]. The van der Waals surface area contributed by atoms with E-state index in [1.165, 1.54) is 27.3 Å². The summed E-state index contributed by atoms with van der Waals surface area (Å²) < 4.78 is 11.3. The molecule has 51 heavy (non-hydrogen) atoms. The quantitative estimate of drug-likeness (QED) is 0.0902. The molecule has 0 bridgehead atoms. The molecule has 1 N–H and O–H groups in total. The van der Waals surface area contributed by atoms with Gasteiger partial charge in [-0.2, -0.15) is 0 Å². The molecule has 2 aliphatic rings. The van der Waals surface area contributed by atoms with Crippen LogP contribution in [-0.4, -0.2) is 53.1 Å². The summed E-state index contributed by atoms with van der Waals surface area (Å²) >= 11 is 3.08. The molecule has 0 aliphatic carbocycles. The lowest BCUT2D eigenvalue weighted by atomic mass is 10.0. The van der Waals surface area contributed by atoms with Crippen molar-refractivity contribution >= 4 is 64.1 Å². The van der Waals surface area contributed by atoms with Crippen molar-refractivity contribution in [2.45, 2.75) is 24.4 Å². The van der Waals surface area contributed by atoms with Crippen LogP contribution in [0.1, 0.15) is 10.4 Å². The molecule has 260 valence electrons. The van der Waals surface area contributed by atoms with Crippen molar-refractivity contribution in [2.24, 2.45) is 0 Å². The van der Waals surface area contributed by atoms with Crippen molar-refractivity contribution in [2.75, 3.05) is 19.0 Å². The van der Waals surface area contributed by atoms with Gasteiger partial charge in [0.1, 0.15) is 52.6 Å². The van der Waals surface area contributed by atoms with Gasteiger partial charge in [-0.1, -0.05) is 72.8 Å². The average Bonchev–Trinajstić information content (AvgIpc) is 3.69. The van der Waals surface area contributed by atoms with Crippen LogP contribution in [0.3, 0.4) is 0 Å². The highest BCUT2D eigenvalue weighted by atomic mass is 127. The molecule has 4 aromatic carbocycles. The Kier molecular flexibility index (Phi) is 12.0. The van der Waals surface area contributed by atoms with E-state index in [-0.39, 0.29) is 54.5 Å². The van der Waals surface area contributed by atoms with Crippen LogP contribution in [0.15, 0.2) is 144 Å². The molecular weight excluding hydrogens is 810 g/mol. The molecule has 0 radical (unpaired) electrons. The Labute approximate surface area is 323 Å². The van der Waals surface area contributed by atoms with E-state index in [4.69, 9.17) is 9.47 Å². The third kappa shape index (κ3) is 7.65. The van der Waals surface area contributed by atoms with Crippen LogP contribution in [0.4, 0.5) is 0 Å². The molecule has 1 aromatic heterocycles. The maximum Gasteiger partial charge on any atom is 0.355 e. The maximum absolute atomic E-state index is 14.3. The third-order valence-corrected chi connectivity index (χ3v) is 15.6. The number of nitrogens with one attached hydrogen (secondary N) is 1. The number of esters is 1. The Hall–Kier alpha value is -3.96. The highest BCUT2D eigenvalue weighted by Gasteiger charge is 2.56. The smallest absolute Gasteiger partial charge is 0.355 e. The van der Waals surface area contributed by atoms with Gasteiger partial charge in [0.25, 0.3) is 5.91 Å². The molecule has 11 heteroatoms. The minimum atomic E-state index is -2.40. The van der Waals surface area contributed by atoms with Crippen molar-refractivity contribution < 1.29 is 47.8 Å². The van der Waals surface area contributed by atoms with E-state index >= 15 is 0 Å². The number of carbonyl (C=O) groups excluding carboxylic acids is 3. The van der Waals surface area contributed by atoms with Gasteiger partial charge in [0.2, 0.25) is 5.91 Å². The van der Waals surface area contributed by atoms with E-state index in [2.05, 4.69) is 78.1 Å². The summed E-state index contributed by atoms with van der Waals surface area (Å²) in [5, 5.41) is 7.99. The van der Waals surface area contributed by atoms with Gasteiger partial charge in [0.05, 0.1) is 19.7 Å². The summed E-state index contributed by atoms with van der Waals surface area (Å²) in [7, 11) is -0.794. The molecular formula is C40H36IN2O5PS2. The van der Waals surface area contributed by atoms with Crippen LogP contribution >= 0.6 is 30.4 Å². The Morgan fingerprint density at radius 2 is 1.41 bits per heavy atom. The molecule has 2 atom stereocenters. The number of benzene rings is 4. The standard InChI is InChI=1S/C40H35N2O5PS2.HI/c1-46-30-21-19-28(20-22-30)25-47-40(45)37-29(27-50-39-36(38(44)42(37)39)41-35(43)24-34-18-11-23-49-34)26-48(31-12-5-2-6-13-31,32-14-7-3-8-15-32)33-16-9-4-10-17-33;/h2-23,36,39H,24-27H2,1H3;1H/t36-,39-;/m1./s1. The number of thiophene rings is 1. The van der Waals surface area contributed by atoms with E-state index in [0.29, 0.717) is 17.7 Å². The number of carbonyl (C=O) groups is 3. The second-order valence-electron chi connectivity index (χ2n) is 12.1. The fraction of sp³-hybridized carbons (Fsp3) is 0.175. The van der Waals surface area contributed by atoms with Crippen LogP contribution in [0.5, 0.6) is 5.75 Å². The van der Waals surface area contributed by atoms with Crippen molar-refractivity contribution in [1.29, 1.82) is 0 Å². The second kappa shape index (κ2) is 16.6. The van der Waals surface area contributed by atoms with E-state index in [1.54, 1.807) is 23.8 Å². The van der Waals surface area contributed by atoms with E-state index < -0.39 is 24.6 Å². The number of nitrogens with zero attached hydrogens (tertiary/aromatic N) is 1. The van der Waals surface area contributed by atoms with Crippen molar-refractivity contribution in [1.82, 2.24) is 10.2 Å². The second-order valence-corrected chi connectivity index (χ2v) is 17.7. The minimum absolute atomic E-state index is 0. The summed E-state index contributed by atoms with van der Waals surface area (Å²) in [4.78, 5) is 43.7. The Morgan fingerprint density at radius 1 is 0.824 bits per heavy atom. The zero-order chi connectivity index (χ0) is 34.5. The zero-order valence-electron chi connectivity index (χ0n) is 27.8. The predicted molar refractivity (Wildman–Crippen MR) is 203 cm³/mol. The maximum atomic E-state index is 14.3. The zero-order valence-corrected chi connectivity index (χ0v) is 32.5. The molecule has 3 heterocycles. The van der Waals surface area contributed by atoms with Gasteiger partial charge in [-0.05, 0) is 65.5 Å². The molecule has 2 aliphatic heterocycles. The molecule has 0 unspecified atom stereocenters. The fourth-order valence-electron chi connectivity index (χ4n) is 6.58. The Balaban J connectivity index is 0.00000448. The van der Waals surface area contributed by atoms with Crippen molar-refractivity contribution in [3.05, 3.63) is 154 Å². The first-order valence-electron chi connectivity index (χ1n) is 16.3. The fourth-order valence-corrected chi connectivity index (χ4v) is 13.1. The number of β-lactam (4-membered cyclic amide) rings is 1. The third-order valence-electron chi connectivity index (χ3n) is 9.02. The van der Waals surface area contributed by atoms with Crippen LogP contribution in [0.25, 0.3) is 0 Å². The molecule has 5 aromatic rings. The lowest BCUT2D eigenvalue weighted by Crippen LogP contribution is -3.00. The monoisotopic (exact) mass is 846 g/mol. The number of rotatable bonds is 12. The number of ether oxygens (including phenoxy) is 2. The van der Waals surface area contributed by atoms with Gasteiger partial charge >= 0.3 is 5.97 Å². The molecule has 0 saturated carbocycles. The largest absolute Gasteiger partial charge is 1.00 e. The van der Waals surface area contributed by atoms with Crippen molar-refractivity contribution in [3.8, 4) is 5.75 Å². The Bertz CT molecular complexity index is 1900. The van der Waals surface area contributed by atoms with Crippen LogP contribution in [0.2, 0.25) is 0 Å². The molecule has 7 nitrogen and oxygen atoms in total. The molecule has 0 spiro atoms. The lowest BCUT2D eigenvalue weighted by Gasteiger charge is -2.50. The summed E-state index contributed by atoms with van der Waals surface area (Å²) in [5.74, 6) is 0.140. The number of thioether (sulfide) groups is 1. The number of hydrogen-bond acceptors (Lipinski definition) is 7. The summed E-state index contributed by atoms with van der Waals surface area (Å²) in [6.07, 6.45) is 0.742. The van der Waals surface area contributed by atoms with Gasteiger partial charge in [-0.25, -0.2) is 4.79 Å². The first-order valence-corrected chi connectivity index (χ1v) is 20.2. The summed E-state index contributed by atoms with van der Waals surface area (Å²) in [6.45, 7) is 0.0385. The number of halogens is 1. The van der Waals surface area contributed by atoms with E-state index in [0.717, 1.165) is 16.0 Å². The normalized spacial score (nSPS) is 16.7. The number of methoxy groups -OCH3 is 1. The van der Waals surface area contributed by atoms with Crippen molar-refractivity contribution in [3.63, 3.8) is 0 Å². The molecule has 1 fully saturated rings. The van der Waals surface area contributed by atoms with Gasteiger partial charge in [-0.15, -0.1) is 23.1 Å². The predicted octanol–water partition coefficient (Wildman–Crippen LogP) is 2.69. The minimum Gasteiger partial charge on any atom is -1.00 e. The van der Waals surface area contributed by atoms with Crippen LogP contribution < -0.4 is 49.9 Å². The van der Waals surface area contributed by atoms with Gasteiger partial charge < -0.3 is 38.8 Å². The highest BCUT2D eigenvalue weighted by molar-refractivity contribution is 8.00. The first kappa shape index (κ1) is 36.8. The van der Waals surface area contributed by atoms with E-state index in [1.807, 2.05) is 60.0 Å². The van der Waals surface area contributed by atoms with Crippen LogP contribution in [-0.2, 0) is 32.1 Å². The molecule has 1 saturated heterocycles. The van der Waals surface area contributed by atoms with Gasteiger partial charge in [0, 0.05) is 16.2 Å². The summed E-state index contributed by atoms with van der Waals surface area (Å²) in [6, 6.07) is 41.8. The van der Waals surface area contributed by atoms with Gasteiger partial charge in [-0.3, -0.25) is 14.5 Å². The lowest BCUT2D eigenvalue weighted by molar-refractivity contribution is -0.153. The van der Waals surface area contributed by atoms with E-state index in [9.17, 15) is 14.4 Å². The first-order chi connectivity index (χ1) is 24.5. The molecule has 2 amide bonds. The number of amides is 2. The number of hydrogen-bond donors (Lipinski definition) is 1. The van der Waals surface area contributed by atoms with Crippen LogP contribution in [0, 0.1) is 0 Å². The highest BCUT2D eigenvalue weighted by Crippen LogP contribution is 2.58. The topological polar surface area (TPSA) is 84.9 Å². The average molecular weight is 847 g/mol.